The van der Waals surface area contributed by atoms with Gasteiger partial charge < -0.3 is 10.7 Å². The van der Waals surface area contributed by atoms with Crippen molar-refractivity contribution >= 4 is 38.2 Å². The summed E-state index contributed by atoms with van der Waals surface area (Å²) in [5.74, 6) is -6.30. The number of sulfonamides is 1. The Bertz CT molecular complexity index is 1760. The van der Waals surface area contributed by atoms with E-state index in [-0.39, 0.29) is 16.6 Å². The number of halogens is 4. The zero-order valence-corrected chi connectivity index (χ0v) is 20.6. The maximum Gasteiger partial charge on any atom is 0.265 e. The van der Waals surface area contributed by atoms with Crippen molar-refractivity contribution in [2.24, 2.45) is 10.7 Å². The lowest BCUT2D eigenvalue weighted by Gasteiger charge is -2.12. The van der Waals surface area contributed by atoms with Gasteiger partial charge in [-0.3, -0.25) is 14.5 Å². The van der Waals surface area contributed by atoms with Crippen LogP contribution in [0.3, 0.4) is 0 Å². The molecule has 0 aliphatic rings. The van der Waals surface area contributed by atoms with Crippen LogP contribution in [0.15, 0.2) is 70.5 Å². The average molecular weight is 546 g/mol. The Labute approximate surface area is 214 Å². The highest BCUT2D eigenvalue weighted by Crippen LogP contribution is 2.29. The number of nitrogens with two attached hydrogens (primary N) is 1. The summed E-state index contributed by atoms with van der Waals surface area (Å²) in [6, 6.07) is 4.61. The maximum absolute atomic E-state index is 15.4. The summed E-state index contributed by atoms with van der Waals surface area (Å²) < 4.78 is 84.6. The summed E-state index contributed by atoms with van der Waals surface area (Å²) in [4.78, 5) is 23.3. The van der Waals surface area contributed by atoms with Crippen molar-refractivity contribution in [3.05, 3.63) is 101 Å². The van der Waals surface area contributed by atoms with E-state index in [1.54, 1.807) is 17.7 Å². The number of ketones is 1. The molecule has 4 rings (SSSR count). The molecule has 0 saturated carbocycles. The number of aromatic nitrogens is 2. The zero-order chi connectivity index (χ0) is 27.8. The van der Waals surface area contributed by atoms with Gasteiger partial charge in [-0.15, -0.1) is 0 Å². The molecule has 0 fully saturated rings. The fraction of sp³-hybridized carbons (Fsp3) is 0.0800. The van der Waals surface area contributed by atoms with Gasteiger partial charge >= 0.3 is 0 Å². The molecule has 2 heterocycles. The lowest BCUT2D eigenvalue weighted by Crippen LogP contribution is -2.18. The third-order valence-corrected chi connectivity index (χ3v) is 6.80. The Morgan fingerprint density at radius 1 is 1.11 bits per heavy atom. The van der Waals surface area contributed by atoms with Gasteiger partial charge in [0.05, 0.1) is 17.0 Å². The van der Waals surface area contributed by atoms with Gasteiger partial charge in [0.15, 0.2) is 5.82 Å². The number of hydrogen-bond donors (Lipinski definition) is 3. The average Bonchev–Trinajstić information content (AvgIpc) is 3.29. The van der Waals surface area contributed by atoms with E-state index < -0.39 is 55.2 Å². The first-order valence-corrected chi connectivity index (χ1v) is 12.3. The van der Waals surface area contributed by atoms with E-state index in [2.05, 4.69) is 15.0 Å². The van der Waals surface area contributed by atoms with Crippen LogP contribution >= 0.6 is 0 Å². The molecule has 0 unspecified atom stereocenters. The quantitative estimate of drug-likeness (QED) is 0.180. The van der Waals surface area contributed by atoms with Gasteiger partial charge in [0.2, 0.25) is 5.78 Å². The molecular weight excluding hydrogens is 526 g/mol. The first-order chi connectivity index (χ1) is 17.9. The molecule has 0 radical (unpaired) electrons. The Morgan fingerprint density at radius 2 is 1.82 bits per heavy atom. The van der Waals surface area contributed by atoms with Gasteiger partial charge in [0.25, 0.3) is 10.0 Å². The number of carbonyl (C=O) groups is 1. The van der Waals surface area contributed by atoms with Crippen LogP contribution in [0.4, 0.5) is 23.2 Å². The van der Waals surface area contributed by atoms with Crippen LogP contribution in [0.2, 0.25) is 0 Å². The Morgan fingerprint density at radius 3 is 2.50 bits per heavy atom. The summed E-state index contributed by atoms with van der Waals surface area (Å²) in [7, 11) is -3.32. The van der Waals surface area contributed by atoms with E-state index in [0.29, 0.717) is 41.2 Å². The molecule has 4 aromatic rings. The Hall–Kier alpha value is -4.52. The molecule has 2 aromatic heterocycles. The fourth-order valence-electron chi connectivity index (χ4n) is 3.68. The highest BCUT2D eigenvalue weighted by Gasteiger charge is 2.27. The van der Waals surface area contributed by atoms with Crippen molar-refractivity contribution in [3.63, 3.8) is 0 Å². The molecule has 0 spiro atoms. The summed E-state index contributed by atoms with van der Waals surface area (Å²) >= 11 is 0. The SMILES string of the molecule is CN=C(/C=C(/C)N)c1cnc2[nH]cc(C(=O)c3c(F)ccc(NS(=O)(=O)c4cc(F)ccc4F)c3F)c2c1. The number of nitrogens with zero attached hydrogens (tertiary/aromatic N) is 2. The van der Waals surface area contributed by atoms with Crippen molar-refractivity contribution in [1.29, 1.82) is 0 Å². The molecule has 4 N–H and O–H groups in total. The minimum Gasteiger partial charge on any atom is -0.402 e. The van der Waals surface area contributed by atoms with Crippen molar-refractivity contribution in [2.45, 2.75) is 11.8 Å². The lowest BCUT2D eigenvalue weighted by molar-refractivity contribution is 0.103. The Kier molecular flexibility index (Phi) is 7.05. The number of aromatic amines is 1. The second kappa shape index (κ2) is 10.1. The molecule has 0 saturated heterocycles. The van der Waals surface area contributed by atoms with Gasteiger partial charge in [-0.2, -0.15) is 0 Å². The van der Waals surface area contributed by atoms with Crippen LogP contribution in [0.25, 0.3) is 11.0 Å². The molecular formula is C25H19F4N5O3S. The van der Waals surface area contributed by atoms with E-state index in [0.717, 1.165) is 6.07 Å². The number of pyridine rings is 1. The summed E-state index contributed by atoms with van der Waals surface area (Å²) in [5.41, 5.74) is 5.25. The van der Waals surface area contributed by atoms with E-state index in [1.807, 2.05) is 0 Å². The molecule has 0 aliphatic heterocycles. The number of anilines is 1. The van der Waals surface area contributed by atoms with E-state index in [1.165, 1.54) is 25.5 Å². The molecule has 0 bridgehead atoms. The second-order valence-corrected chi connectivity index (χ2v) is 9.76. The van der Waals surface area contributed by atoms with Gasteiger partial charge in [0.1, 0.15) is 28.0 Å². The summed E-state index contributed by atoms with van der Waals surface area (Å²) in [6.07, 6.45) is 4.25. The van der Waals surface area contributed by atoms with E-state index in [4.69, 9.17) is 5.73 Å². The van der Waals surface area contributed by atoms with Crippen molar-refractivity contribution in [2.75, 3.05) is 11.8 Å². The van der Waals surface area contributed by atoms with E-state index in [9.17, 15) is 26.4 Å². The largest absolute Gasteiger partial charge is 0.402 e. The highest BCUT2D eigenvalue weighted by atomic mass is 32.2. The van der Waals surface area contributed by atoms with Crippen LogP contribution in [-0.4, -0.2) is 36.9 Å². The first kappa shape index (κ1) is 26.5. The normalized spacial score (nSPS) is 12.7. The number of carbonyl (C=O) groups excluding carboxylic acids is 1. The topological polar surface area (TPSA) is 130 Å². The zero-order valence-electron chi connectivity index (χ0n) is 19.8. The number of fused-ring (bicyclic) bond motifs is 1. The van der Waals surface area contributed by atoms with Gasteiger partial charge in [-0.05, 0) is 49.4 Å². The highest BCUT2D eigenvalue weighted by molar-refractivity contribution is 7.92. The fourth-order valence-corrected chi connectivity index (χ4v) is 4.83. The number of aliphatic imine (C=N–C) groups is 1. The van der Waals surface area contributed by atoms with Crippen LogP contribution in [-0.2, 0) is 10.0 Å². The monoisotopic (exact) mass is 545 g/mol. The molecule has 0 atom stereocenters. The number of hydrogen-bond acceptors (Lipinski definition) is 6. The number of allylic oxidation sites excluding steroid dienone is 2. The van der Waals surface area contributed by atoms with Crippen LogP contribution in [0.1, 0.15) is 28.4 Å². The standard InChI is InChI=1S/C25H19F4N5O3S/c1-12(30)7-20(31-2)13-8-15-16(11-33-25(15)32-10-13)24(35)22-18(28)5-6-19(23(22)29)34-38(36,37)21-9-14(26)3-4-17(21)27/h3-11,34H,30H2,1-2H3,(H,32,33)/b12-7-,31-20?. The lowest BCUT2D eigenvalue weighted by atomic mass is 10.0. The van der Waals surface area contributed by atoms with Gasteiger partial charge in [0, 0.05) is 41.7 Å². The maximum atomic E-state index is 15.4. The molecule has 2 aromatic carbocycles. The van der Waals surface area contributed by atoms with Gasteiger partial charge in [-0.1, -0.05) is 0 Å². The molecule has 8 nitrogen and oxygen atoms in total. The molecule has 196 valence electrons. The Balaban J connectivity index is 1.78. The molecule has 0 amide bonds. The minimum atomic E-state index is -4.84. The predicted molar refractivity (Wildman–Crippen MR) is 133 cm³/mol. The van der Waals surface area contributed by atoms with Crippen molar-refractivity contribution in [3.8, 4) is 0 Å². The predicted octanol–water partition coefficient (Wildman–Crippen LogP) is 4.43. The number of H-pyrrole nitrogens is 1. The van der Waals surface area contributed by atoms with Crippen molar-refractivity contribution < 1.29 is 30.8 Å². The van der Waals surface area contributed by atoms with Crippen molar-refractivity contribution in [1.82, 2.24) is 9.97 Å². The molecule has 38 heavy (non-hydrogen) atoms. The number of benzene rings is 2. The third-order valence-electron chi connectivity index (χ3n) is 5.42. The molecule has 0 aliphatic carbocycles. The van der Waals surface area contributed by atoms with Crippen LogP contribution < -0.4 is 10.5 Å². The van der Waals surface area contributed by atoms with Gasteiger partial charge in [-0.25, -0.2) is 31.0 Å². The second-order valence-electron chi connectivity index (χ2n) is 8.11. The number of nitrogens with one attached hydrogen (secondary N) is 2. The van der Waals surface area contributed by atoms with Crippen LogP contribution in [0, 0.1) is 23.3 Å². The smallest absolute Gasteiger partial charge is 0.265 e. The third kappa shape index (κ3) is 5.00. The van der Waals surface area contributed by atoms with Crippen LogP contribution in [0.5, 0.6) is 0 Å². The number of rotatable bonds is 7. The summed E-state index contributed by atoms with van der Waals surface area (Å²) in [5, 5.41) is 0.211. The minimum absolute atomic E-state index is 0.160. The van der Waals surface area contributed by atoms with E-state index >= 15 is 4.39 Å². The summed E-state index contributed by atoms with van der Waals surface area (Å²) in [6.45, 7) is 1.65. The molecule has 13 heteroatoms. The first-order valence-electron chi connectivity index (χ1n) is 10.8.